The number of hydrogen-bond acceptors (Lipinski definition) is 7. The van der Waals surface area contributed by atoms with Crippen LogP contribution in [0.25, 0.3) is 11.2 Å². The zero-order chi connectivity index (χ0) is 21.8. The van der Waals surface area contributed by atoms with Gasteiger partial charge in [-0.2, -0.15) is 4.98 Å². The topological polar surface area (TPSA) is 67.5 Å². The van der Waals surface area contributed by atoms with Gasteiger partial charge in [-0.25, -0.2) is 9.97 Å². The van der Waals surface area contributed by atoms with Crippen LogP contribution < -0.4 is 9.64 Å². The number of anilines is 1. The maximum absolute atomic E-state index is 5.73. The van der Waals surface area contributed by atoms with Crippen molar-refractivity contribution in [2.45, 2.75) is 51.6 Å². The molecule has 3 aliphatic heterocycles. The Bertz CT molecular complexity index is 1130. The first-order valence-electron chi connectivity index (χ1n) is 11.9. The van der Waals surface area contributed by atoms with E-state index >= 15 is 0 Å². The molecule has 7 heteroatoms. The maximum Gasteiger partial charge on any atom is 0.252 e. The van der Waals surface area contributed by atoms with Crippen molar-refractivity contribution >= 4 is 17.0 Å². The molecule has 0 radical (unpaired) electrons. The lowest BCUT2D eigenvalue weighted by Gasteiger charge is -2.55. The van der Waals surface area contributed by atoms with Gasteiger partial charge in [-0.15, -0.1) is 0 Å². The number of nitrogens with zero attached hydrogens (tertiary/aromatic N) is 5. The molecular formula is C25H31N5O2. The normalized spacial score (nSPS) is 28.0. The summed E-state index contributed by atoms with van der Waals surface area (Å²) in [6.07, 6.45) is 5.14. The number of aromatic nitrogens is 3. The molecule has 5 heterocycles. The fourth-order valence-corrected chi connectivity index (χ4v) is 6.40. The molecule has 2 aromatic heterocycles. The van der Waals surface area contributed by atoms with Gasteiger partial charge in [-0.3, -0.25) is 4.90 Å². The van der Waals surface area contributed by atoms with Crippen molar-refractivity contribution in [1.29, 1.82) is 0 Å². The molecule has 6 rings (SSSR count). The Balaban J connectivity index is 1.28. The van der Waals surface area contributed by atoms with Crippen molar-refractivity contribution in [2.75, 3.05) is 31.6 Å². The van der Waals surface area contributed by atoms with Gasteiger partial charge in [-0.1, -0.05) is 12.1 Å². The lowest BCUT2D eigenvalue weighted by Crippen LogP contribution is -2.59. The second-order valence-electron chi connectivity index (χ2n) is 9.73. The Morgan fingerprint density at radius 1 is 1.00 bits per heavy atom. The van der Waals surface area contributed by atoms with Crippen LogP contribution in [0.15, 0.2) is 28.7 Å². The maximum atomic E-state index is 5.73. The zero-order valence-corrected chi connectivity index (χ0v) is 19.1. The highest BCUT2D eigenvalue weighted by Crippen LogP contribution is 2.45. The summed E-state index contributed by atoms with van der Waals surface area (Å²) in [5.74, 6) is 4.58. The van der Waals surface area contributed by atoms with Crippen LogP contribution in [0.3, 0.4) is 0 Å². The minimum atomic E-state index is 0.516. The molecule has 168 valence electrons. The standard InChI is InChI=1S/C25H31N5O2/c1-15-26-24(23-25(27-15)32-16(2)28-23)29-12-17-11-19(14-29)22-6-4-5-21(30(22)13-17)18-7-9-20(31-3)10-8-18/h7-10,17,19,21-22H,4-6,11-14H2,1-3H3/t17-,19+,21+,22-/m0/s1. The van der Waals surface area contributed by atoms with Crippen LogP contribution in [0.1, 0.15) is 49.0 Å². The summed E-state index contributed by atoms with van der Waals surface area (Å²) in [7, 11) is 1.73. The van der Waals surface area contributed by atoms with Gasteiger partial charge in [0.2, 0.25) is 0 Å². The first kappa shape index (κ1) is 20.0. The molecule has 0 aliphatic carbocycles. The van der Waals surface area contributed by atoms with Gasteiger partial charge < -0.3 is 14.1 Å². The number of oxazole rings is 1. The largest absolute Gasteiger partial charge is 0.497 e. The first-order valence-corrected chi connectivity index (χ1v) is 11.9. The average molecular weight is 434 g/mol. The lowest BCUT2D eigenvalue weighted by atomic mass is 9.74. The SMILES string of the molecule is COc1ccc([C@H]2CCC[C@H]3[C@@H]4C[C@@H](CN(c5nc(C)nc6oc(C)nc56)C4)CN23)cc1. The van der Waals surface area contributed by atoms with E-state index in [-0.39, 0.29) is 0 Å². The van der Waals surface area contributed by atoms with Crippen LogP contribution >= 0.6 is 0 Å². The Morgan fingerprint density at radius 2 is 1.84 bits per heavy atom. The highest BCUT2D eigenvalue weighted by Gasteiger charge is 2.45. The summed E-state index contributed by atoms with van der Waals surface area (Å²) in [4.78, 5) is 19.2. The number of aryl methyl sites for hydroxylation is 2. The van der Waals surface area contributed by atoms with E-state index in [4.69, 9.17) is 14.1 Å². The van der Waals surface area contributed by atoms with E-state index in [0.717, 1.165) is 42.5 Å². The molecule has 3 aliphatic rings. The van der Waals surface area contributed by atoms with Gasteiger partial charge in [0.15, 0.2) is 17.2 Å². The number of benzene rings is 1. The molecule has 4 atom stereocenters. The Hall–Kier alpha value is -2.67. The lowest BCUT2D eigenvalue weighted by molar-refractivity contribution is -0.0200. The highest BCUT2D eigenvalue weighted by atomic mass is 16.5. The van der Waals surface area contributed by atoms with E-state index in [2.05, 4.69) is 44.0 Å². The van der Waals surface area contributed by atoms with Crippen LogP contribution in [0.2, 0.25) is 0 Å². The Morgan fingerprint density at radius 3 is 2.66 bits per heavy atom. The third-order valence-electron chi connectivity index (χ3n) is 7.65. The molecular weight excluding hydrogens is 402 g/mol. The van der Waals surface area contributed by atoms with E-state index < -0.39 is 0 Å². The van der Waals surface area contributed by atoms with Gasteiger partial charge in [-0.05, 0) is 62.1 Å². The molecule has 3 fully saturated rings. The quantitative estimate of drug-likeness (QED) is 0.610. The van der Waals surface area contributed by atoms with Crippen molar-refractivity contribution in [1.82, 2.24) is 19.9 Å². The smallest absolute Gasteiger partial charge is 0.252 e. The molecule has 0 saturated carbocycles. The van der Waals surface area contributed by atoms with Crippen LogP contribution in [0, 0.1) is 25.7 Å². The van der Waals surface area contributed by atoms with Crippen LogP contribution in [-0.2, 0) is 0 Å². The van der Waals surface area contributed by atoms with Crippen molar-refractivity contribution in [2.24, 2.45) is 11.8 Å². The number of piperidine rings is 3. The molecule has 1 aromatic carbocycles. The molecule has 2 bridgehead atoms. The number of methoxy groups -OCH3 is 1. The Labute approximate surface area is 188 Å². The van der Waals surface area contributed by atoms with Crippen LogP contribution in [0.4, 0.5) is 5.82 Å². The summed E-state index contributed by atoms with van der Waals surface area (Å²) in [6.45, 7) is 7.02. The first-order chi connectivity index (χ1) is 15.6. The molecule has 0 amide bonds. The van der Waals surface area contributed by atoms with Crippen LogP contribution in [0.5, 0.6) is 5.75 Å². The minimum absolute atomic E-state index is 0.516. The number of fused-ring (bicyclic) bond motifs is 5. The molecule has 3 aromatic rings. The summed E-state index contributed by atoms with van der Waals surface area (Å²) < 4.78 is 11.1. The second kappa shape index (κ2) is 7.73. The van der Waals surface area contributed by atoms with Crippen molar-refractivity contribution in [3.63, 3.8) is 0 Å². The van der Waals surface area contributed by atoms with Crippen molar-refractivity contribution < 1.29 is 9.15 Å². The summed E-state index contributed by atoms with van der Waals surface area (Å²) in [5, 5.41) is 0. The highest BCUT2D eigenvalue weighted by molar-refractivity contribution is 5.82. The monoisotopic (exact) mass is 433 g/mol. The van der Waals surface area contributed by atoms with E-state index in [9.17, 15) is 0 Å². The van der Waals surface area contributed by atoms with Gasteiger partial charge in [0.05, 0.1) is 7.11 Å². The van der Waals surface area contributed by atoms with E-state index in [0.29, 0.717) is 35.5 Å². The summed E-state index contributed by atoms with van der Waals surface area (Å²) in [5.41, 5.74) is 2.85. The van der Waals surface area contributed by atoms with E-state index in [1.807, 2.05) is 13.8 Å². The molecule has 7 nitrogen and oxygen atoms in total. The fourth-order valence-electron chi connectivity index (χ4n) is 6.40. The minimum Gasteiger partial charge on any atom is -0.497 e. The van der Waals surface area contributed by atoms with E-state index in [1.165, 1.54) is 31.2 Å². The summed E-state index contributed by atoms with van der Waals surface area (Å²) in [6, 6.07) is 9.88. The number of hydrogen-bond donors (Lipinski definition) is 0. The molecule has 0 spiro atoms. The zero-order valence-electron chi connectivity index (χ0n) is 19.1. The predicted molar refractivity (Wildman–Crippen MR) is 123 cm³/mol. The van der Waals surface area contributed by atoms with Crippen molar-refractivity contribution in [3.8, 4) is 5.75 Å². The van der Waals surface area contributed by atoms with Gasteiger partial charge in [0.25, 0.3) is 5.71 Å². The summed E-state index contributed by atoms with van der Waals surface area (Å²) >= 11 is 0. The fraction of sp³-hybridized carbons (Fsp3) is 0.560. The second-order valence-corrected chi connectivity index (χ2v) is 9.73. The van der Waals surface area contributed by atoms with Gasteiger partial charge in [0.1, 0.15) is 11.6 Å². The van der Waals surface area contributed by atoms with Gasteiger partial charge >= 0.3 is 0 Å². The number of rotatable bonds is 3. The third kappa shape index (κ3) is 3.34. The third-order valence-corrected chi connectivity index (χ3v) is 7.65. The van der Waals surface area contributed by atoms with E-state index in [1.54, 1.807) is 7.11 Å². The molecule has 3 saturated heterocycles. The molecule has 0 N–H and O–H groups in total. The number of ether oxygens (including phenoxy) is 1. The predicted octanol–water partition coefficient (Wildman–Crippen LogP) is 4.30. The van der Waals surface area contributed by atoms with Crippen LogP contribution in [-0.4, -0.2) is 52.6 Å². The van der Waals surface area contributed by atoms with Crippen molar-refractivity contribution in [3.05, 3.63) is 41.5 Å². The average Bonchev–Trinajstić information content (AvgIpc) is 3.18. The molecule has 0 unspecified atom stereocenters. The van der Waals surface area contributed by atoms with Gasteiger partial charge in [0, 0.05) is 38.6 Å². The Kier molecular flexibility index (Phi) is 4.82. The molecule has 32 heavy (non-hydrogen) atoms.